The van der Waals surface area contributed by atoms with Crippen LogP contribution in [0.25, 0.3) is 0 Å². The number of ether oxygens (including phenoxy) is 1. The Hall–Kier alpha value is -1.88. The molecule has 0 bridgehead atoms. The highest BCUT2D eigenvalue weighted by Gasteiger charge is 2.30. The van der Waals surface area contributed by atoms with Gasteiger partial charge in [0.1, 0.15) is 0 Å². The number of nitrogens with one attached hydrogen (secondary N) is 1. The quantitative estimate of drug-likeness (QED) is 0.864. The number of amides is 2. The number of ketones is 1. The molecule has 2 atom stereocenters. The molecule has 2 amide bonds. The van der Waals surface area contributed by atoms with Crippen LogP contribution < -0.4 is 5.32 Å². The minimum Gasteiger partial charge on any atom is -0.376 e. The van der Waals surface area contributed by atoms with Crippen molar-refractivity contribution in [3.63, 3.8) is 0 Å². The summed E-state index contributed by atoms with van der Waals surface area (Å²) in [4.78, 5) is 26.7. The minimum atomic E-state index is -0.0383. The Morgan fingerprint density at radius 2 is 1.88 bits per heavy atom. The van der Waals surface area contributed by atoms with Crippen LogP contribution >= 0.6 is 0 Å². The van der Waals surface area contributed by atoms with Gasteiger partial charge < -0.3 is 15.0 Å². The lowest BCUT2D eigenvalue weighted by molar-refractivity contribution is 0.0788. The average Bonchev–Trinajstić information content (AvgIpc) is 3.17. The molecule has 1 aromatic rings. The first kappa shape index (κ1) is 17.0. The number of nitrogens with zero attached hydrogens (tertiary/aromatic N) is 1. The van der Waals surface area contributed by atoms with E-state index in [1.165, 1.54) is 0 Å². The van der Waals surface area contributed by atoms with Gasteiger partial charge >= 0.3 is 6.03 Å². The Morgan fingerprint density at radius 3 is 2.50 bits per heavy atom. The topological polar surface area (TPSA) is 58.6 Å². The van der Waals surface area contributed by atoms with Crippen molar-refractivity contribution >= 4 is 11.8 Å². The van der Waals surface area contributed by atoms with Crippen LogP contribution in [0.5, 0.6) is 0 Å². The van der Waals surface area contributed by atoms with Gasteiger partial charge in [-0.1, -0.05) is 30.3 Å². The van der Waals surface area contributed by atoms with Gasteiger partial charge in [0.05, 0.1) is 12.1 Å². The van der Waals surface area contributed by atoms with Gasteiger partial charge in [-0.3, -0.25) is 4.79 Å². The third-order valence-electron chi connectivity index (χ3n) is 5.08. The first-order valence-corrected chi connectivity index (χ1v) is 8.91. The third kappa shape index (κ3) is 3.96. The predicted molar refractivity (Wildman–Crippen MR) is 92.0 cm³/mol. The number of likely N-dealkylation sites (tertiary alicyclic amines) is 1. The molecule has 5 nitrogen and oxygen atoms in total. The van der Waals surface area contributed by atoms with Crippen LogP contribution in [0.15, 0.2) is 30.3 Å². The van der Waals surface area contributed by atoms with Crippen molar-refractivity contribution < 1.29 is 14.3 Å². The Balaban J connectivity index is 1.47. The van der Waals surface area contributed by atoms with Crippen LogP contribution in [-0.4, -0.2) is 48.6 Å². The van der Waals surface area contributed by atoms with Crippen LogP contribution in [0.2, 0.25) is 0 Å². The first-order chi connectivity index (χ1) is 11.6. The van der Waals surface area contributed by atoms with Crippen LogP contribution in [-0.2, 0) is 4.74 Å². The number of hydrogen-bond donors (Lipinski definition) is 1. The van der Waals surface area contributed by atoms with Gasteiger partial charge in [0.2, 0.25) is 0 Å². The molecule has 2 aliphatic rings. The summed E-state index contributed by atoms with van der Waals surface area (Å²) in [6.07, 6.45) is 3.67. The van der Waals surface area contributed by atoms with E-state index < -0.39 is 0 Å². The molecule has 0 aromatic heterocycles. The van der Waals surface area contributed by atoms with Crippen LogP contribution in [0.4, 0.5) is 4.79 Å². The van der Waals surface area contributed by atoms with E-state index in [9.17, 15) is 9.59 Å². The number of carbonyl (C=O) groups excluding carboxylic acids is 2. The molecular formula is C19H26N2O3. The lowest BCUT2D eigenvalue weighted by Gasteiger charge is -2.33. The number of urea groups is 1. The van der Waals surface area contributed by atoms with Gasteiger partial charge in [-0.2, -0.15) is 0 Å². The maximum Gasteiger partial charge on any atom is 0.317 e. The summed E-state index contributed by atoms with van der Waals surface area (Å²) in [6.45, 7) is 4.05. The zero-order valence-electron chi connectivity index (χ0n) is 14.2. The van der Waals surface area contributed by atoms with Crippen molar-refractivity contribution in [2.75, 3.05) is 19.7 Å². The van der Waals surface area contributed by atoms with E-state index in [1.807, 2.05) is 42.2 Å². The number of hydrogen-bond acceptors (Lipinski definition) is 3. The summed E-state index contributed by atoms with van der Waals surface area (Å²) in [7, 11) is 0. The SMILES string of the molecule is C[C@@H](NC(=O)N1CCC(C(=O)c2ccccc2)CC1)[C@H]1CCCO1. The highest BCUT2D eigenvalue weighted by atomic mass is 16.5. The number of carbonyl (C=O) groups is 2. The Bertz CT molecular complexity index is 561. The molecule has 2 aliphatic heterocycles. The molecule has 0 saturated carbocycles. The van der Waals surface area contributed by atoms with E-state index in [2.05, 4.69) is 5.32 Å². The molecule has 2 fully saturated rings. The van der Waals surface area contributed by atoms with Gasteiger partial charge in [0.15, 0.2) is 5.78 Å². The van der Waals surface area contributed by atoms with Gasteiger partial charge in [0, 0.05) is 31.2 Å². The molecule has 3 rings (SSSR count). The molecule has 0 aliphatic carbocycles. The van der Waals surface area contributed by atoms with Gasteiger partial charge in [-0.05, 0) is 32.6 Å². The molecule has 0 radical (unpaired) electrons. The average molecular weight is 330 g/mol. The second kappa shape index (κ2) is 7.79. The maximum absolute atomic E-state index is 12.5. The van der Waals surface area contributed by atoms with Gasteiger partial charge in [-0.15, -0.1) is 0 Å². The zero-order chi connectivity index (χ0) is 16.9. The van der Waals surface area contributed by atoms with E-state index in [-0.39, 0.29) is 29.9 Å². The number of benzene rings is 1. The summed E-state index contributed by atoms with van der Waals surface area (Å²) in [5.41, 5.74) is 0.771. The highest BCUT2D eigenvalue weighted by molar-refractivity contribution is 5.97. The summed E-state index contributed by atoms with van der Waals surface area (Å²) < 4.78 is 5.62. The lowest BCUT2D eigenvalue weighted by Crippen LogP contribution is -2.50. The number of rotatable bonds is 4. The molecular weight excluding hydrogens is 304 g/mol. The Kier molecular flexibility index (Phi) is 5.51. The molecule has 2 saturated heterocycles. The monoisotopic (exact) mass is 330 g/mol. The van der Waals surface area contributed by atoms with E-state index in [0.29, 0.717) is 13.1 Å². The normalized spacial score (nSPS) is 23.0. The predicted octanol–water partition coefficient (Wildman–Crippen LogP) is 2.86. The van der Waals surface area contributed by atoms with Crippen molar-refractivity contribution in [1.29, 1.82) is 0 Å². The summed E-state index contributed by atoms with van der Waals surface area (Å²) in [5, 5.41) is 3.04. The third-order valence-corrected chi connectivity index (χ3v) is 5.08. The Morgan fingerprint density at radius 1 is 1.17 bits per heavy atom. The fraction of sp³-hybridized carbons (Fsp3) is 0.579. The standard InChI is InChI=1S/C19H26N2O3/c1-14(17-8-5-13-24-17)20-19(23)21-11-9-16(10-12-21)18(22)15-6-3-2-4-7-15/h2-4,6-7,14,16-17H,5,8-13H2,1H3,(H,20,23)/t14-,17-/m1/s1. The molecule has 2 heterocycles. The second-order valence-corrected chi connectivity index (χ2v) is 6.78. The van der Waals surface area contributed by atoms with E-state index in [0.717, 1.165) is 37.9 Å². The highest BCUT2D eigenvalue weighted by Crippen LogP contribution is 2.22. The Labute approximate surface area is 143 Å². The van der Waals surface area contributed by atoms with Crippen molar-refractivity contribution in [2.24, 2.45) is 5.92 Å². The molecule has 5 heteroatoms. The van der Waals surface area contributed by atoms with Crippen molar-refractivity contribution in [3.05, 3.63) is 35.9 Å². The smallest absolute Gasteiger partial charge is 0.317 e. The minimum absolute atomic E-state index is 0.0204. The summed E-state index contributed by atoms with van der Waals surface area (Å²) in [6, 6.07) is 9.42. The molecule has 1 aromatic carbocycles. The van der Waals surface area contributed by atoms with E-state index in [1.54, 1.807) is 0 Å². The largest absolute Gasteiger partial charge is 0.376 e. The molecule has 130 valence electrons. The van der Waals surface area contributed by atoms with Crippen LogP contribution in [0.1, 0.15) is 43.0 Å². The fourth-order valence-corrected chi connectivity index (χ4v) is 3.56. The van der Waals surface area contributed by atoms with Crippen molar-refractivity contribution in [1.82, 2.24) is 10.2 Å². The van der Waals surface area contributed by atoms with Gasteiger partial charge in [-0.25, -0.2) is 4.79 Å². The molecule has 1 N–H and O–H groups in total. The lowest BCUT2D eigenvalue weighted by atomic mass is 9.89. The number of piperidine rings is 1. The number of Topliss-reactive ketones (excluding diaryl/α,β-unsaturated/α-hetero) is 1. The molecule has 0 spiro atoms. The summed E-state index contributed by atoms with van der Waals surface area (Å²) >= 11 is 0. The maximum atomic E-state index is 12.5. The second-order valence-electron chi connectivity index (χ2n) is 6.78. The van der Waals surface area contributed by atoms with Gasteiger partial charge in [0.25, 0.3) is 0 Å². The zero-order valence-corrected chi connectivity index (χ0v) is 14.2. The first-order valence-electron chi connectivity index (χ1n) is 8.91. The van der Waals surface area contributed by atoms with Crippen LogP contribution in [0.3, 0.4) is 0 Å². The van der Waals surface area contributed by atoms with E-state index in [4.69, 9.17) is 4.74 Å². The fourth-order valence-electron chi connectivity index (χ4n) is 3.56. The van der Waals surface area contributed by atoms with Crippen LogP contribution in [0, 0.1) is 5.92 Å². The summed E-state index contributed by atoms with van der Waals surface area (Å²) in [5.74, 6) is 0.218. The molecule has 0 unspecified atom stereocenters. The van der Waals surface area contributed by atoms with E-state index >= 15 is 0 Å². The molecule has 24 heavy (non-hydrogen) atoms. The van der Waals surface area contributed by atoms with Crippen molar-refractivity contribution in [3.8, 4) is 0 Å². The van der Waals surface area contributed by atoms with Crippen molar-refractivity contribution in [2.45, 2.75) is 44.8 Å².